The first kappa shape index (κ1) is 21.0. The van der Waals surface area contributed by atoms with Crippen molar-refractivity contribution >= 4 is 35.5 Å². The van der Waals surface area contributed by atoms with Crippen LogP contribution in [0.2, 0.25) is 5.02 Å². The molecule has 2 aromatic rings. The van der Waals surface area contributed by atoms with Crippen molar-refractivity contribution in [2.24, 2.45) is 0 Å². The average molecular weight is 410 g/mol. The number of nitrogens with zero attached hydrogens (tertiary/aromatic N) is 2. The summed E-state index contributed by atoms with van der Waals surface area (Å²) in [7, 11) is 1.51. The Balaban J connectivity index is 2.07. The van der Waals surface area contributed by atoms with Gasteiger partial charge >= 0.3 is 0 Å². The van der Waals surface area contributed by atoms with Gasteiger partial charge in [-0.25, -0.2) is 13.8 Å². The molecule has 0 saturated carbocycles. The zero-order chi connectivity index (χ0) is 20.5. The number of hydrogen-bond acceptors (Lipinski definition) is 7. The van der Waals surface area contributed by atoms with Crippen LogP contribution >= 0.6 is 11.6 Å². The lowest BCUT2D eigenvalue weighted by Crippen LogP contribution is -2.29. The Morgan fingerprint density at radius 2 is 2.14 bits per heavy atom. The second-order valence-electron chi connectivity index (χ2n) is 5.38. The molecule has 0 atom stereocenters. The molecule has 0 fully saturated rings. The first-order valence-corrected chi connectivity index (χ1v) is 8.43. The van der Waals surface area contributed by atoms with Gasteiger partial charge in [0.15, 0.2) is 17.5 Å². The predicted molar refractivity (Wildman–Crippen MR) is 103 cm³/mol. The highest BCUT2D eigenvalue weighted by Crippen LogP contribution is 2.21. The number of carbonyl (C=O) groups excluding carboxylic acids is 1. The zero-order valence-electron chi connectivity index (χ0n) is 14.8. The summed E-state index contributed by atoms with van der Waals surface area (Å²) in [5.74, 6) is -1.80. The van der Waals surface area contributed by atoms with Crippen molar-refractivity contribution in [3.63, 3.8) is 0 Å². The van der Waals surface area contributed by atoms with E-state index in [1.165, 1.54) is 31.6 Å². The van der Waals surface area contributed by atoms with Gasteiger partial charge in [0.2, 0.25) is 11.9 Å². The summed E-state index contributed by atoms with van der Waals surface area (Å²) < 4.78 is 27.0. The molecule has 1 amide bonds. The van der Waals surface area contributed by atoms with E-state index < -0.39 is 11.6 Å². The van der Waals surface area contributed by atoms with Gasteiger partial charge in [0.05, 0.1) is 18.4 Å². The van der Waals surface area contributed by atoms with E-state index in [-0.39, 0.29) is 47.0 Å². The van der Waals surface area contributed by atoms with Crippen LogP contribution < -0.4 is 21.3 Å². The van der Waals surface area contributed by atoms with Crippen LogP contribution in [0.25, 0.3) is 0 Å². The van der Waals surface area contributed by atoms with Crippen molar-refractivity contribution < 1.29 is 13.6 Å². The number of benzene rings is 1. The van der Waals surface area contributed by atoms with Crippen LogP contribution in [0.1, 0.15) is 5.56 Å². The molecular weight excluding hydrogens is 392 g/mol. The summed E-state index contributed by atoms with van der Waals surface area (Å²) in [5, 5.41) is 18.4. The van der Waals surface area contributed by atoms with E-state index in [4.69, 9.17) is 17.0 Å². The lowest BCUT2D eigenvalue weighted by atomic mass is 10.2. The standard InChI is InChI=1S/C17H18ClF2N7O/c1-22-14(28)9-23-7-11(5-21)26-17-25-8-12(18)16(27-17)24-6-10-3-2-4-13(19)15(10)20/h2-5,7-8,21,23H,6,9H2,1H3,(H,22,28)(H2,24,25,26,27)/b11-7+,21-5?. The number of halogens is 3. The van der Waals surface area contributed by atoms with Crippen molar-refractivity contribution in [2.45, 2.75) is 6.54 Å². The fraction of sp³-hybridized carbons (Fsp3) is 0.176. The Kier molecular flexibility index (Phi) is 7.64. The lowest BCUT2D eigenvalue weighted by molar-refractivity contribution is -0.119. The van der Waals surface area contributed by atoms with E-state index in [9.17, 15) is 13.6 Å². The minimum Gasteiger partial charge on any atom is -0.380 e. The summed E-state index contributed by atoms with van der Waals surface area (Å²) in [5.41, 5.74) is 0.399. The highest BCUT2D eigenvalue weighted by Gasteiger charge is 2.10. The van der Waals surface area contributed by atoms with Crippen LogP contribution in [-0.2, 0) is 11.3 Å². The third kappa shape index (κ3) is 5.88. The highest BCUT2D eigenvalue weighted by atomic mass is 35.5. The Morgan fingerprint density at radius 3 is 2.86 bits per heavy atom. The van der Waals surface area contributed by atoms with E-state index in [0.717, 1.165) is 12.3 Å². The lowest BCUT2D eigenvalue weighted by Gasteiger charge is -2.11. The van der Waals surface area contributed by atoms with Crippen LogP contribution in [0.5, 0.6) is 0 Å². The summed E-state index contributed by atoms with van der Waals surface area (Å²) in [6.07, 6.45) is 3.74. The number of aromatic nitrogens is 2. The van der Waals surface area contributed by atoms with Crippen LogP contribution in [0.15, 0.2) is 36.3 Å². The molecule has 0 saturated heterocycles. The Morgan fingerprint density at radius 1 is 1.36 bits per heavy atom. The summed E-state index contributed by atoms with van der Waals surface area (Å²) in [4.78, 5) is 19.3. The van der Waals surface area contributed by atoms with E-state index in [1.54, 1.807) is 0 Å². The van der Waals surface area contributed by atoms with Crippen LogP contribution in [0.3, 0.4) is 0 Å². The Hall–Kier alpha value is -3.27. The maximum atomic E-state index is 13.7. The minimum absolute atomic E-state index is 0.0308. The van der Waals surface area contributed by atoms with Gasteiger partial charge in [0.1, 0.15) is 5.02 Å². The quantitative estimate of drug-likeness (QED) is 0.406. The molecule has 0 bridgehead atoms. The summed E-state index contributed by atoms with van der Waals surface area (Å²) in [6, 6.07) is 3.87. The van der Waals surface area contributed by atoms with E-state index in [1.807, 2.05) is 0 Å². The highest BCUT2D eigenvalue weighted by molar-refractivity contribution is 6.32. The molecule has 11 heteroatoms. The molecule has 1 aromatic heterocycles. The molecule has 8 nitrogen and oxygen atoms in total. The number of anilines is 2. The van der Waals surface area contributed by atoms with Crippen LogP contribution in [0.4, 0.5) is 20.5 Å². The number of hydrogen-bond donors (Lipinski definition) is 5. The van der Waals surface area contributed by atoms with Crippen molar-refractivity contribution in [3.8, 4) is 0 Å². The first-order chi connectivity index (χ1) is 13.4. The van der Waals surface area contributed by atoms with Gasteiger partial charge in [0, 0.05) is 31.6 Å². The van der Waals surface area contributed by atoms with Crippen molar-refractivity contribution in [1.82, 2.24) is 20.6 Å². The van der Waals surface area contributed by atoms with Crippen molar-refractivity contribution in [3.05, 3.63) is 58.5 Å². The van der Waals surface area contributed by atoms with E-state index >= 15 is 0 Å². The first-order valence-electron chi connectivity index (χ1n) is 8.05. The van der Waals surface area contributed by atoms with Crippen molar-refractivity contribution in [2.75, 3.05) is 24.2 Å². The Labute approximate surface area is 164 Å². The topological polar surface area (TPSA) is 115 Å². The molecule has 148 valence electrons. The molecular formula is C17H18ClF2N7O. The Bertz CT molecular complexity index is 892. The molecule has 1 aromatic carbocycles. The molecule has 28 heavy (non-hydrogen) atoms. The number of rotatable bonds is 9. The van der Waals surface area contributed by atoms with Gasteiger partial charge in [0.25, 0.3) is 0 Å². The number of likely N-dealkylation sites (N-methyl/N-ethyl adjacent to an activating group) is 1. The van der Waals surface area contributed by atoms with E-state index in [2.05, 4.69) is 31.2 Å². The maximum absolute atomic E-state index is 13.7. The second-order valence-corrected chi connectivity index (χ2v) is 5.79. The third-order valence-corrected chi connectivity index (χ3v) is 3.71. The third-order valence-electron chi connectivity index (χ3n) is 3.43. The normalized spacial score (nSPS) is 10.9. The van der Waals surface area contributed by atoms with E-state index in [0.29, 0.717) is 0 Å². The zero-order valence-corrected chi connectivity index (χ0v) is 15.6. The minimum atomic E-state index is -0.949. The number of carbonyl (C=O) groups is 1. The smallest absolute Gasteiger partial charge is 0.239 e. The van der Waals surface area contributed by atoms with Gasteiger partial charge in [-0.15, -0.1) is 0 Å². The van der Waals surface area contributed by atoms with Gasteiger partial charge < -0.3 is 26.7 Å². The van der Waals surface area contributed by atoms with Gasteiger partial charge in [-0.2, -0.15) is 4.98 Å². The number of nitrogens with one attached hydrogen (secondary N) is 5. The molecule has 0 unspecified atom stereocenters. The van der Waals surface area contributed by atoms with Crippen molar-refractivity contribution in [1.29, 1.82) is 5.41 Å². The molecule has 0 aliphatic rings. The monoisotopic (exact) mass is 409 g/mol. The van der Waals surface area contributed by atoms with Crippen LogP contribution in [0, 0.1) is 17.0 Å². The number of amides is 1. The molecule has 0 aliphatic carbocycles. The molecule has 0 radical (unpaired) electrons. The van der Waals surface area contributed by atoms with Crippen LogP contribution in [-0.4, -0.2) is 35.7 Å². The molecule has 5 N–H and O–H groups in total. The summed E-state index contributed by atoms with van der Waals surface area (Å²) >= 11 is 6.04. The average Bonchev–Trinajstić information content (AvgIpc) is 2.70. The fourth-order valence-corrected chi connectivity index (χ4v) is 2.16. The number of allylic oxidation sites excluding steroid dienone is 1. The molecule has 0 aliphatic heterocycles. The SMILES string of the molecule is CNC(=O)CN/C=C(\C=N)Nc1ncc(Cl)c(NCc2cccc(F)c2F)n1. The molecule has 1 heterocycles. The molecule has 0 spiro atoms. The predicted octanol–water partition coefficient (Wildman–Crippen LogP) is 2.26. The maximum Gasteiger partial charge on any atom is 0.239 e. The summed E-state index contributed by atoms with van der Waals surface area (Å²) in [6.45, 7) is -0.0102. The second kappa shape index (κ2) is 10.2. The largest absolute Gasteiger partial charge is 0.380 e. The molecule has 2 rings (SSSR count). The fourth-order valence-electron chi connectivity index (χ4n) is 2.00. The van der Waals surface area contributed by atoms with Gasteiger partial charge in [-0.1, -0.05) is 23.7 Å². The van der Waals surface area contributed by atoms with Gasteiger partial charge in [-0.05, 0) is 6.07 Å². The van der Waals surface area contributed by atoms with Gasteiger partial charge in [-0.3, -0.25) is 4.79 Å².